The van der Waals surface area contributed by atoms with Gasteiger partial charge in [-0.2, -0.15) is 0 Å². The van der Waals surface area contributed by atoms with Gasteiger partial charge in [-0.25, -0.2) is 9.78 Å². The number of thiophene rings is 1. The summed E-state index contributed by atoms with van der Waals surface area (Å²) < 4.78 is 5.44. The first kappa shape index (κ1) is 13.0. The van der Waals surface area contributed by atoms with E-state index in [-0.39, 0.29) is 11.5 Å². The maximum absolute atomic E-state index is 10.9. The Hall–Kier alpha value is -2.41. The van der Waals surface area contributed by atoms with Gasteiger partial charge in [0.2, 0.25) is 6.41 Å². The fourth-order valence-corrected chi connectivity index (χ4v) is 2.10. The monoisotopic (exact) mass is 278 g/mol. The molecule has 0 spiro atoms. The molecule has 0 saturated carbocycles. The van der Waals surface area contributed by atoms with Crippen LogP contribution < -0.4 is 10.1 Å². The molecule has 19 heavy (non-hydrogen) atoms. The highest BCUT2D eigenvalue weighted by Gasteiger charge is 2.12. The molecule has 2 rings (SSSR count). The van der Waals surface area contributed by atoms with Crippen LogP contribution in [0.25, 0.3) is 0 Å². The molecule has 2 aromatic heterocycles. The van der Waals surface area contributed by atoms with Crippen LogP contribution in [0, 0.1) is 0 Å². The van der Waals surface area contributed by atoms with E-state index >= 15 is 0 Å². The Labute approximate surface area is 112 Å². The largest absolute Gasteiger partial charge is 0.487 e. The van der Waals surface area contributed by atoms with Crippen molar-refractivity contribution < 1.29 is 19.4 Å². The molecule has 0 aliphatic carbocycles. The standard InChI is InChI=1S/C12H10N2O4S/c15-7-14-10-5-8(1-3-13-10)6-18-9-2-4-19-11(9)12(16)17/h1-5,7H,6H2,(H,16,17)(H,13,14,15). The molecule has 0 bridgehead atoms. The number of ether oxygens (including phenoxy) is 1. The zero-order valence-corrected chi connectivity index (χ0v) is 10.5. The molecule has 0 saturated heterocycles. The van der Waals surface area contributed by atoms with Crippen LogP contribution in [0.3, 0.4) is 0 Å². The third-order valence-corrected chi connectivity index (χ3v) is 3.13. The summed E-state index contributed by atoms with van der Waals surface area (Å²) in [5, 5.41) is 13.0. The fraction of sp³-hybridized carbons (Fsp3) is 0.0833. The average Bonchev–Trinajstić information content (AvgIpc) is 2.86. The topological polar surface area (TPSA) is 88.5 Å². The van der Waals surface area contributed by atoms with Gasteiger partial charge in [0.05, 0.1) is 0 Å². The summed E-state index contributed by atoms with van der Waals surface area (Å²) in [7, 11) is 0. The summed E-state index contributed by atoms with van der Waals surface area (Å²) in [4.78, 5) is 25.3. The van der Waals surface area contributed by atoms with Crippen molar-refractivity contribution in [1.29, 1.82) is 0 Å². The van der Waals surface area contributed by atoms with Gasteiger partial charge in [-0.1, -0.05) is 0 Å². The van der Waals surface area contributed by atoms with Crippen molar-refractivity contribution in [3.8, 4) is 5.75 Å². The number of carboxylic acid groups (broad SMARTS) is 1. The van der Waals surface area contributed by atoms with Gasteiger partial charge in [-0.05, 0) is 29.1 Å². The number of amides is 1. The molecule has 0 atom stereocenters. The molecule has 98 valence electrons. The summed E-state index contributed by atoms with van der Waals surface area (Å²) in [6, 6.07) is 4.99. The molecule has 0 unspecified atom stereocenters. The second-order valence-electron chi connectivity index (χ2n) is 3.52. The van der Waals surface area contributed by atoms with Crippen molar-refractivity contribution >= 4 is 29.5 Å². The van der Waals surface area contributed by atoms with E-state index in [2.05, 4.69) is 10.3 Å². The zero-order valence-electron chi connectivity index (χ0n) is 9.70. The van der Waals surface area contributed by atoms with Crippen LogP contribution in [0.1, 0.15) is 15.2 Å². The van der Waals surface area contributed by atoms with Gasteiger partial charge in [0.15, 0.2) is 4.88 Å². The maximum atomic E-state index is 10.9. The van der Waals surface area contributed by atoms with E-state index in [0.29, 0.717) is 18.0 Å². The summed E-state index contributed by atoms with van der Waals surface area (Å²) in [5.41, 5.74) is 0.780. The Balaban J connectivity index is 2.05. The second-order valence-corrected chi connectivity index (χ2v) is 4.44. The number of nitrogens with one attached hydrogen (secondary N) is 1. The van der Waals surface area contributed by atoms with Crippen LogP contribution >= 0.6 is 11.3 Å². The summed E-state index contributed by atoms with van der Waals surface area (Å²) in [6.07, 6.45) is 2.07. The minimum Gasteiger partial charge on any atom is -0.487 e. The summed E-state index contributed by atoms with van der Waals surface area (Å²) >= 11 is 1.11. The lowest BCUT2D eigenvalue weighted by Gasteiger charge is -2.06. The third-order valence-electron chi connectivity index (χ3n) is 2.25. The molecule has 0 aliphatic rings. The SMILES string of the molecule is O=CNc1cc(COc2ccsc2C(=O)O)ccn1. The molecule has 2 aromatic rings. The molecule has 7 heteroatoms. The molecule has 0 radical (unpaired) electrons. The van der Waals surface area contributed by atoms with Gasteiger partial charge in [0, 0.05) is 6.20 Å². The van der Waals surface area contributed by atoms with Gasteiger partial charge < -0.3 is 15.2 Å². The Bertz CT molecular complexity index is 597. The maximum Gasteiger partial charge on any atom is 0.349 e. The number of pyridine rings is 1. The molecule has 0 aliphatic heterocycles. The second kappa shape index (κ2) is 5.96. The van der Waals surface area contributed by atoms with Crippen molar-refractivity contribution in [2.24, 2.45) is 0 Å². The predicted octanol–water partition coefficient (Wildman–Crippen LogP) is 1.99. The first-order valence-corrected chi connectivity index (χ1v) is 6.17. The van der Waals surface area contributed by atoms with Gasteiger partial charge in [-0.3, -0.25) is 4.79 Å². The quantitative estimate of drug-likeness (QED) is 0.789. The minimum absolute atomic E-state index is 0.167. The summed E-state index contributed by atoms with van der Waals surface area (Å²) in [5.74, 6) is -0.262. The zero-order chi connectivity index (χ0) is 13.7. The highest BCUT2D eigenvalue weighted by Crippen LogP contribution is 2.25. The van der Waals surface area contributed by atoms with Crippen molar-refractivity contribution in [3.05, 3.63) is 40.2 Å². The number of carbonyl (C=O) groups is 2. The van der Waals surface area contributed by atoms with Crippen molar-refractivity contribution in [1.82, 2.24) is 4.98 Å². The highest BCUT2D eigenvalue weighted by atomic mass is 32.1. The number of hydrogen-bond acceptors (Lipinski definition) is 5. The Kier molecular flexibility index (Phi) is 4.09. The number of hydrogen-bond donors (Lipinski definition) is 2. The molecular weight excluding hydrogens is 268 g/mol. The lowest BCUT2D eigenvalue weighted by Crippen LogP contribution is -2.02. The number of rotatable bonds is 6. The molecule has 1 amide bonds. The van der Waals surface area contributed by atoms with E-state index in [9.17, 15) is 9.59 Å². The normalized spacial score (nSPS) is 9.89. The minimum atomic E-state index is -1.01. The van der Waals surface area contributed by atoms with Crippen molar-refractivity contribution in [2.45, 2.75) is 6.61 Å². The van der Waals surface area contributed by atoms with Gasteiger partial charge in [0.1, 0.15) is 18.2 Å². The molecular formula is C12H10N2O4S. The van der Waals surface area contributed by atoms with E-state index in [1.165, 1.54) is 6.20 Å². The number of anilines is 1. The van der Waals surface area contributed by atoms with E-state index in [4.69, 9.17) is 9.84 Å². The first-order chi connectivity index (χ1) is 9.20. The van der Waals surface area contributed by atoms with E-state index in [0.717, 1.165) is 16.9 Å². The predicted molar refractivity (Wildman–Crippen MR) is 69.5 cm³/mol. The third kappa shape index (κ3) is 3.29. The van der Waals surface area contributed by atoms with Gasteiger partial charge in [0.25, 0.3) is 0 Å². The molecule has 0 aromatic carbocycles. The highest BCUT2D eigenvalue weighted by molar-refractivity contribution is 7.12. The number of nitrogens with zero attached hydrogens (tertiary/aromatic N) is 1. The lowest BCUT2D eigenvalue weighted by molar-refractivity contribution is -0.105. The molecule has 2 heterocycles. The first-order valence-electron chi connectivity index (χ1n) is 5.29. The Morgan fingerprint density at radius 1 is 1.53 bits per heavy atom. The number of aromatic nitrogens is 1. The van der Waals surface area contributed by atoms with E-state index in [1.54, 1.807) is 23.6 Å². The summed E-state index contributed by atoms with van der Waals surface area (Å²) in [6.45, 7) is 0.201. The van der Waals surface area contributed by atoms with E-state index < -0.39 is 5.97 Å². The lowest BCUT2D eigenvalue weighted by atomic mass is 10.3. The van der Waals surface area contributed by atoms with Crippen LogP contribution in [0.15, 0.2) is 29.8 Å². The number of carboxylic acids is 1. The van der Waals surface area contributed by atoms with Crippen LogP contribution in [-0.2, 0) is 11.4 Å². The van der Waals surface area contributed by atoms with Crippen LogP contribution in [0.2, 0.25) is 0 Å². The number of aromatic carboxylic acids is 1. The molecule has 0 fully saturated rings. The Morgan fingerprint density at radius 3 is 3.11 bits per heavy atom. The van der Waals surface area contributed by atoms with Crippen LogP contribution in [0.5, 0.6) is 5.75 Å². The number of carbonyl (C=O) groups excluding carboxylic acids is 1. The van der Waals surface area contributed by atoms with Gasteiger partial charge in [-0.15, -0.1) is 11.3 Å². The smallest absolute Gasteiger partial charge is 0.349 e. The van der Waals surface area contributed by atoms with Crippen LogP contribution in [0.4, 0.5) is 5.82 Å². The van der Waals surface area contributed by atoms with Crippen LogP contribution in [-0.4, -0.2) is 22.5 Å². The fourth-order valence-electron chi connectivity index (χ4n) is 1.43. The van der Waals surface area contributed by atoms with E-state index in [1.807, 2.05) is 0 Å². The van der Waals surface area contributed by atoms with Crippen molar-refractivity contribution in [2.75, 3.05) is 5.32 Å². The average molecular weight is 278 g/mol. The molecule has 2 N–H and O–H groups in total. The van der Waals surface area contributed by atoms with Gasteiger partial charge >= 0.3 is 5.97 Å². The van der Waals surface area contributed by atoms with Crippen molar-refractivity contribution in [3.63, 3.8) is 0 Å². The Morgan fingerprint density at radius 2 is 2.37 bits per heavy atom. The molecule has 6 nitrogen and oxygen atoms in total.